The number of nitrogens with one attached hydrogen (secondary N) is 1. The van der Waals surface area contributed by atoms with Crippen LogP contribution < -0.4 is 5.32 Å². The van der Waals surface area contributed by atoms with E-state index in [4.69, 9.17) is 0 Å². The van der Waals surface area contributed by atoms with E-state index < -0.39 is 20.2 Å². The van der Waals surface area contributed by atoms with Gasteiger partial charge in [0.15, 0.2) is 0 Å². The van der Waals surface area contributed by atoms with Gasteiger partial charge < -0.3 is 10.2 Å². The Labute approximate surface area is 140 Å². The van der Waals surface area contributed by atoms with Crippen LogP contribution in [0.1, 0.15) is 6.92 Å². The molecule has 136 valence electrons. The molecule has 1 atom stereocenters. The van der Waals surface area contributed by atoms with Crippen LogP contribution in [-0.4, -0.2) is 69.5 Å². The van der Waals surface area contributed by atoms with E-state index in [9.17, 15) is 21.6 Å². The highest BCUT2D eigenvalue weighted by molar-refractivity contribution is 7.92. The Morgan fingerprint density at radius 3 is 2.33 bits per heavy atom. The molecular formula is C15H22F3N3O2S. The maximum atomic E-state index is 12.8. The Balaban J connectivity index is 2.09. The average molecular weight is 365 g/mol. The zero-order valence-electron chi connectivity index (χ0n) is 13.7. The van der Waals surface area contributed by atoms with Gasteiger partial charge in [0.25, 0.3) is 9.84 Å². The van der Waals surface area contributed by atoms with E-state index in [2.05, 4.69) is 15.1 Å². The fraction of sp³-hybridized carbons (Fsp3) is 0.600. The molecule has 1 aliphatic heterocycles. The number of nitrogens with zero attached hydrogens (tertiary/aromatic N) is 2. The summed E-state index contributed by atoms with van der Waals surface area (Å²) in [4.78, 5) is 3.71. The fourth-order valence-corrected chi connectivity index (χ4v) is 3.56. The standard InChI is InChI=1S/C15H22F3N3O2S/c1-12(21-9-7-20(2)8-10-21)11-19-13-5-3-4-6-14(13)24(22,23)15(16,17)18/h3-6,12,19H,7-11H2,1-2H3. The molecule has 1 unspecified atom stereocenters. The Kier molecular flexibility index (Phi) is 5.77. The molecule has 1 heterocycles. The topological polar surface area (TPSA) is 52.7 Å². The molecule has 24 heavy (non-hydrogen) atoms. The van der Waals surface area contributed by atoms with Gasteiger partial charge in [0.1, 0.15) is 0 Å². The summed E-state index contributed by atoms with van der Waals surface area (Å²) < 4.78 is 61.7. The van der Waals surface area contributed by atoms with Crippen molar-refractivity contribution in [3.8, 4) is 0 Å². The lowest BCUT2D eigenvalue weighted by molar-refractivity contribution is -0.0435. The normalized spacial score (nSPS) is 19.2. The van der Waals surface area contributed by atoms with Gasteiger partial charge in [-0.3, -0.25) is 4.90 Å². The molecule has 0 aromatic heterocycles. The number of likely N-dealkylation sites (N-methyl/N-ethyl adjacent to an activating group) is 1. The number of rotatable bonds is 5. The summed E-state index contributed by atoms with van der Waals surface area (Å²) in [5.74, 6) is 0. The highest BCUT2D eigenvalue weighted by atomic mass is 32.2. The van der Waals surface area contributed by atoms with E-state index in [1.165, 1.54) is 18.2 Å². The third-order valence-electron chi connectivity index (χ3n) is 4.23. The Morgan fingerprint density at radius 2 is 1.75 bits per heavy atom. The van der Waals surface area contributed by atoms with Gasteiger partial charge in [0.05, 0.1) is 10.6 Å². The summed E-state index contributed by atoms with van der Waals surface area (Å²) in [5.41, 5.74) is -5.33. The molecule has 0 radical (unpaired) electrons. The number of benzene rings is 1. The first-order valence-corrected chi connectivity index (χ1v) is 9.18. The van der Waals surface area contributed by atoms with Crippen molar-refractivity contribution in [1.82, 2.24) is 9.80 Å². The van der Waals surface area contributed by atoms with Crippen molar-refractivity contribution in [3.63, 3.8) is 0 Å². The third-order valence-corrected chi connectivity index (χ3v) is 5.77. The zero-order chi connectivity index (χ0) is 18.0. The number of sulfone groups is 1. The molecule has 0 aliphatic carbocycles. The summed E-state index contributed by atoms with van der Waals surface area (Å²) in [6.07, 6.45) is 0. The fourth-order valence-electron chi connectivity index (χ4n) is 2.62. The molecule has 9 heteroatoms. The Morgan fingerprint density at radius 1 is 1.17 bits per heavy atom. The van der Waals surface area contributed by atoms with Gasteiger partial charge in [-0.15, -0.1) is 0 Å². The Hall–Kier alpha value is -1.32. The number of alkyl halides is 3. The lowest BCUT2D eigenvalue weighted by atomic mass is 10.2. The van der Waals surface area contributed by atoms with Crippen LogP contribution >= 0.6 is 0 Å². The van der Waals surface area contributed by atoms with Gasteiger partial charge in [-0.2, -0.15) is 13.2 Å². The SMILES string of the molecule is CC(CNc1ccccc1S(=O)(=O)C(F)(F)F)N1CCN(C)CC1. The molecule has 0 amide bonds. The van der Waals surface area contributed by atoms with Gasteiger partial charge in [-0.25, -0.2) is 8.42 Å². The smallest absolute Gasteiger partial charge is 0.382 e. The predicted octanol–water partition coefficient (Wildman–Crippen LogP) is 2.03. The molecule has 1 saturated heterocycles. The molecule has 0 spiro atoms. The maximum Gasteiger partial charge on any atom is 0.501 e. The third kappa shape index (κ3) is 4.20. The summed E-state index contributed by atoms with van der Waals surface area (Å²) in [5, 5.41) is 2.87. The number of piperazine rings is 1. The van der Waals surface area contributed by atoms with Crippen molar-refractivity contribution in [2.45, 2.75) is 23.4 Å². The summed E-state index contributed by atoms with van der Waals surface area (Å²) >= 11 is 0. The quantitative estimate of drug-likeness (QED) is 0.865. The first-order chi connectivity index (χ1) is 11.1. The van der Waals surface area contributed by atoms with E-state index in [1.807, 2.05) is 14.0 Å². The van der Waals surface area contributed by atoms with Crippen LogP contribution in [-0.2, 0) is 9.84 Å². The monoisotopic (exact) mass is 365 g/mol. The summed E-state index contributed by atoms with van der Waals surface area (Å²) in [6, 6.07) is 5.22. The molecular weight excluding hydrogens is 343 g/mol. The molecule has 5 nitrogen and oxygen atoms in total. The lowest BCUT2D eigenvalue weighted by Crippen LogP contribution is -2.49. The van der Waals surface area contributed by atoms with Crippen LogP contribution in [0.25, 0.3) is 0 Å². The molecule has 1 N–H and O–H groups in total. The second-order valence-electron chi connectivity index (χ2n) is 6.01. The van der Waals surface area contributed by atoms with Crippen molar-refractivity contribution < 1.29 is 21.6 Å². The van der Waals surface area contributed by atoms with Gasteiger partial charge >= 0.3 is 5.51 Å². The minimum Gasteiger partial charge on any atom is -0.382 e. The van der Waals surface area contributed by atoms with Crippen LogP contribution in [0, 0.1) is 0 Å². The molecule has 1 aliphatic rings. The summed E-state index contributed by atoms with van der Waals surface area (Å²) in [6.45, 7) is 5.96. The van der Waals surface area contributed by atoms with Crippen molar-refractivity contribution in [1.29, 1.82) is 0 Å². The molecule has 1 aromatic rings. The largest absolute Gasteiger partial charge is 0.501 e. The van der Waals surface area contributed by atoms with Crippen LogP contribution in [0.15, 0.2) is 29.2 Å². The maximum absolute atomic E-state index is 12.8. The number of hydrogen-bond donors (Lipinski definition) is 1. The van der Waals surface area contributed by atoms with Crippen molar-refractivity contribution >= 4 is 15.5 Å². The first-order valence-electron chi connectivity index (χ1n) is 7.70. The molecule has 2 rings (SSSR count). The van der Waals surface area contributed by atoms with Crippen LogP contribution in [0.5, 0.6) is 0 Å². The molecule has 0 saturated carbocycles. The van der Waals surface area contributed by atoms with Gasteiger partial charge in [0.2, 0.25) is 0 Å². The number of anilines is 1. The second kappa shape index (κ2) is 7.28. The van der Waals surface area contributed by atoms with Crippen LogP contribution in [0.3, 0.4) is 0 Å². The summed E-state index contributed by atoms with van der Waals surface area (Å²) in [7, 11) is -3.33. The predicted molar refractivity (Wildman–Crippen MR) is 86.7 cm³/mol. The van der Waals surface area contributed by atoms with E-state index in [0.717, 1.165) is 32.2 Å². The van der Waals surface area contributed by atoms with E-state index in [1.54, 1.807) is 0 Å². The van der Waals surface area contributed by atoms with Gasteiger partial charge in [0, 0.05) is 38.8 Å². The lowest BCUT2D eigenvalue weighted by Gasteiger charge is -2.36. The van der Waals surface area contributed by atoms with E-state index in [0.29, 0.717) is 6.54 Å². The highest BCUT2D eigenvalue weighted by Crippen LogP contribution is 2.34. The van der Waals surface area contributed by atoms with Crippen molar-refractivity contribution in [2.75, 3.05) is 45.1 Å². The molecule has 1 fully saturated rings. The van der Waals surface area contributed by atoms with Crippen LogP contribution in [0.2, 0.25) is 0 Å². The molecule has 0 bridgehead atoms. The average Bonchev–Trinajstić information content (AvgIpc) is 2.52. The minimum atomic E-state index is -5.37. The van der Waals surface area contributed by atoms with Gasteiger partial charge in [-0.05, 0) is 26.1 Å². The van der Waals surface area contributed by atoms with Crippen molar-refractivity contribution in [2.24, 2.45) is 0 Å². The zero-order valence-corrected chi connectivity index (χ0v) is 14.5. The first kappa shape index (κ1) is 19.0. The van der Waals surface area contributed by atoms with Crippen molar-refractivity contribution in [3.05, 3.63) is 24.3 Å². The number of para-hydroxylation sites is 1. The highest BCUT2D eigenvalue weighted by Gasteiger charge is 2.47. The van der Waals surface area contributed by atoms with E-state index >= 15 is 0 Å². The Bertz CT molecular complexity index is 656. The van der Waals surface area contributed by atoms with Gasteiger partial charge in [-0.1, -0.05) is 12.1 Å². The minimum absolute atomic E-state index is 0.0178. The van der Waals surface area contributed by atoms with Crippen LogP contribution in [0.4, 0.5) is 18.9 Å². The number of halogens is 3. The number of hydrogen-bond acceptors (Lipinski definition) is 5. The second-order valence-corrected chi connectivity index (χ2v) is 7.92. The van der Waals surface area contributed by atoms with E-state index in [-0.39, 0.29) is 11.7 Å². The molecule has 1 aromatic carbocycles.